The molecule has 0 fully saturated rings. The van der Waals surface area contributed by atoms with Gasteiger partial charge >= 0.3 is 0 Å². The fourth-order valence-corrected chi connectivity index (χ4v) is 2.30. The highest BCUT2D eigenvalue weighted by Gasteiger charge is 2.15. The SMILES string of the molecule is CCOCCCOc1nsnc1C1=CCCNC1. The van der Waals surface area contributed by atoms with Gasteiger partial charge in [-0.3, -0.25) is 0 Å². The predicted molar refractivity (Wildman–Crippen MR) is 72.0 cm³/mol. The van der Waals surface area contributed by atoms with Crippen LogP contribution in [0, 0.1) is 0 Å². The summed E-state index contributed by atoms with van der Waals surface area (Å²) in [4.78, 5) is 0. The van der Waals surface area contributed by atoms with Crippen molar-refractivity contribution in [1.29, 1.82) is 0 Å². The van der Waals surface area contributed by atoms with E-state index in [1.54, 1.807) is 0 Å². The van der Waals surface area contributed by atoms with E-state index >= 15 is 0 Å². The Morgan fingerprint density at radius 1 is 1.39 bits per heavy atom. The van der Waals surface area contributed by atoms with E-state index in [9.17, 15) is 0 Å². The van der Waals surface area contributed by atoms with Gasteiger partial charge in [-0.1, -0.05) is 6.08 Å². The van der Waals surface area contributed by atoms with E-state index in [0.29, 0.717) is 12.5 Å². The van der Waals surface area contributed by atoms with Gasteiger partial charge in [0.05, 0.1) is 18.3 Å². The van der Waals surface area contributed by atoms with Gasteiger partial charge in [0.2, 0.25) is 0 Å². The summed E-state index contributed by atoms with van der Waals surface area (Å²) >= 11 is 1.20. The first-order chi connectivity index (χ1) is 8.92. The summed E-state index contributed by atoms with van der Waals surface area (Å²) < 4.78 is 19.5. The van der Waals surface area contributed by atoms with Gasteiger partial charge in [0.1, 0.15) is 5.69 Å². The van der Waals surface area contributed by atoms with Crippen LogP contribution in [0.1, 0.15) is 25.5 Å². The third kappa shape index (κ3) is 3.76. The second-order valence-corrected chi connectivity index (χ2v) is 4.54. The number of hydrogen-bond acceptors (Lipinski definition) is 6. The minimum Gasteiger partial charge on any atom is -0.475 e. The molecule has 5 nitrogen and oxygen atoms in total. The molecule has 1 aliphatic heterocycles. The van der Waals surface area contributed by atoms with E-state index < -0.39 is 0 Å². The predicted octanol–water partition coefficient (Wildman–Crippen LogP) is 1.72. The maximum Gasteiger partial charge on any atom is 0.253 e. The molecule has 100 valence electrons. The molecule has 1 aromatic rings. The lowest BCUT2D eigenvalue weighted by molar-refractivity contribution is 0.130. The molecule has 0 saturated carbocycles. The molecule has 18 heavy (non-hydrogen) atoms. The molecule has 0 amide bonds. The number of nitrogens with one attached hydrogen (secondary N) is 1. The van der Waals surface area contributed by atoms with Crippen molar-refractivity contribution in [2.45, 2.75) is 19.8 Å². The molecule has 2 heterocycles. The fraction of sp³-hybridized carbons (Fsp3) is 0.667. The molecule has 2 rings (SSSR count). The Morgan fingerprint density at radius 3 is 3.11 bits per heavy atom. The second kappa shape index (κ2) is 7.45. The number of ether oxygens (including phenoxy) is 2. The molecule has 0 atom stereocenters. The standard InChI is InChI=1S/C12H19N3O2S/c1-2-16-7-4-8-17-12-11(14-18-15-12)10-5-3-6-13-9-10/h5,13H,2-4,6-9H2,1H3. The van der Waals surface area contributed by atoms with Crippen LogP contribution in [-0.4, -0.2) is 41.7 Å². The van der Waals surface area contributed by atoms with Crippen LogP contribution < -0.4 is 10.1 Å². The quantitative estimate of drug-likeness (QED) is 0.764. The van der Waals surface area contributed by atoms with Crippen molar-refractivity contribution in [3.05, 3.63) is 11.8 Å². The van der Waals surface area contributed by atoms with Crippen molar-refractivity contribution in [1.82, 2.24) is 14.1 Å². The number of hydrogen-bond donors (Lipinski definition) is 1. The summed E-state index contributed by atoms with van der Waals surface area (Å²) in [7, 11) is 0. The van der Waals surface area contributed by atoms with Crippen molar-refractivity contribution in [3.8, 4) is 5.88 Å². The van der Waals surface area contributed by atoms with Crippen LogP contribution in [-0.2, 0) is 4.74 Å². The van der Waals surface area contributed by atoms with Gasteiger partial charge in [-0.05, 0) is 25.5 Å². The molecule has 0 aliphatic carbocycles. The molecular weight excluding hydrogens is 250 g/mol. The maximum absolute atomic E-state index is 5.67. The average Bonchev–Trinajstić information content (AvgIpc) is 2.88. The fourth-order valence-electron chi connectivity index (χ4n) is 1.77. The zero-order valence-corrected chi connectivity index (χ0v) is 11.5. The average molecular weight is 269 g/mol. The molecule has 0 bridgehead atoms. The summed E-state index contributed by atoms with van der Waals surface area (Å²) in [5.74, 6) is 0.659. The Morgan fingerprint density at radius 2 is 2.33 bits per heavy atom. The summed E-state index contributed by atoms with van der Waals surface area (Å²) in [5.41, 5.74) is 2.08. The maximum atomic E-state index is 5.67. The highest BCUT2D eigenvalue weighted by molar-refractivity contribution is 6.99. The lowest BCUT2D eigenvalue weighted by atomic mass is 10.1. The van der Waals surface area contributed by atoms with Crippen molar-refractivity contribution in [3.63, 3.8) is 0 Å². The van der Waals surface area contributed by atoms with Crippen molar-refractivity contribution < 1.29 is 9.47 Å². The first-order valence-corrected chi connectivity index (χ1v) is 7.08. The first kappa shape index (κ1) is 13.5. The van der Waals surface area contributed by atoms with E-state index in [4.69, 9.17) is 9.47 Å². The Hall–Kier alpha value is -0.980. The van der Waals surface area contributed by atoms with Crippen LogP contribution in [0.2, 0.25) is 0 Å². The van der Waals surface area contributed by atoms with Gasteiger partial charge in [-0.25, -0.2) is 0 Å². The van der Waals surface area contributed by atoms with Gasteiger partial charge in [0, 0.05) is 26.2 Å². The number of rotatable bonds is 7. The lowest BCUT2D eigenvalue weighted by Gasteiger charge is -2.13. The molecule has 0 aromatic carbocycles. The molecule has 0 radical (unpaired) electrons. The summed E-state index contributed by atoms with van der Waals surface area (Å²) in [6, 6.07) is 0. The summed E-state index contributed by atoms with van der Waals surface area (Å²) in [6.45, 7) is 5.98. The van der Waals surface area contributed by atoms with Crippen molar-refractivity contribution in [2.24, 2.45) is 0 Å². The van der Waals surface area contributed by atoms with Crippen molar-refractivity contribution in [2.75, 3.05) is 32.9 Å². The monoisotopic (exact) mass is 269 g/mol. The highest BCUT2D eigenvalue weighted by atomic mass is 32.1. The van der Waals surface area contributed by atoms with Gasteiger partial charge in [0.25, 0.3) is 5.88 Å². The molecule has 0 unspecified atom stereocenters. The molecule has 6 heteroatoms. The Bertz CT molecular complexity index is 392. The zero-order chi connectivity index (χ0) is 12.6. The third-order valence-electron chi connectivity index (χ3n) is 2.67. The number of aromatic nitrogens is 2. The minimum atomic E-state index is 0.624. The zero-order valence-electron chi connectivity index (χ0n) is 10.6. The molecule has 1 aliphatic rings. The van der Waals surface area contributed by atoms with Crippen LogP contribution in [0.3, 0.4) is 0 Å². The number of nitrogens with zero attached hydrogens (tertiary/aromatic N) is 2. The topological polar surface area (TPSA) is 56.3 Å². The first-order valence-electron chi connectivity index (χ1n) is 6.35. The smallest absolute Gasteiger partial charge is 0.253 e. The van der Waals surface area contributed by atoms with E-state index in [0.717, 1.165) is 44.8 Å². The second-order valence-electron chi connectivity index (χ2n) is 4.01. The van der Waals surface area contributed by atoms with Crippen LogP contribution in [0.5, 0.6) is 5.88 Å². The van der Waals surface area contributed by atoms with Gasteiger partial charge in [-0.2, -0.15) is 4.37 Å². The van der Waals surface area contributed by atoms with Crippen LogP contribution in [0.15, 0.2) is 6.08 Å². The van der Waals surface area contributed by atoms with Crippen LogP contribution in [0.4, 0.5) is 0 Å². The Kier molecular flexibility index (Phi) is 5.57. The van der Waals surface area contributed by atoms with Gasteiger partial charge in [-0.15, -0.1) is 4.37 Å². The molecule has 0 saturated heterocycles. The molecule has 0 spiro atoms. The van der Waals surface area contributed by atoms with E-state index in [-0.39, 0.29) is 0 Å². The lowest BCUT2D eigenvalue weighted by Crippen LogP contribution is -2.21. The van der Waals surface area contributed by atoms with E-state index in [2.05, 4.69) is 20.1 Å². The minimum absolute atomic E-state index is 0.624. The molecular formula is C12H19N3O2S. The van der Waals surface area contributed by atoms with Gasteiger partial charge < -0.3 is 14.8 Å². The molecule has 1 N–H and O–H groups in total. The normalized spacial score (nSPS) is 15.5. The Labute approximate surface area is 112 Å². The summed E-state index contributed by atoms with van der Waals surface area (Å²) in [5, 5.41) is 3.33. The third-order valence-corrected chi connectivity index (χ3v) is 3.18. The highest BCUT2D eigenvalue weighted by Crippen LogP contribution is 2.25. The van der Waals surface area contributed by atoms with Crippen LogP contribution >= 0.6 is 11.7 Å². The molecule has 1 aromatic heterocycles. The largest absolute Gasteiger partial charge is 0.475 e. The van der Waals surface area contributed by atoms with Crippen molar-refractivity contribution >= 4 is 17.3 Å². The van der Waals surface area contributed by atoms with E-state index in [1.807, 2.05) is 6.92 Å². The van der Waals surface area contributed by atoms with Gasteiger partial charge in [0.15, 0.2) is 0 Å². The summed E-state index contributed by atoms with van der Waals surface area (Å²) in [6.07, 6.45) is 4.12. The van der Waals surface area contributed by atoms with Crippen LogP contribution in [0.25, 0.3) is 5.57 Å². The van der Waals surface area contributed by atoms with E-state index in [1.165, 1.54) is 17.3 Å². The Balaban J connectivity index is 1.85.